The van der Waals surface area contributed by atoms with Gasteiger partial charge in [0.1, 0.15) is 0 Å². The quantitative estimate of drug-likeness (QED) is 0.153. The maximum atomic E-state index is 2.38. The van der Waals surface area contributed by atoms with Gasteiger partial charge in [-0.05, 0) is 138 Å². The molecule has 0 atom stereocenters. The molecule has 0 aliphatic heterocycles. The fourth-order valence-corrected chi connectivity index (χ4v) is 9.84. The highest BCUT2D eigenvalue weighted by Gasteiger charge is 2.19. The molecule has 60 heavy (non-hydrogen) atoms. The van der Waals surface area contributed by atoms with Crippen LogP contribution >= 0.6 is 0 Å². The summed E-state index contributed by atoms with van der Waals surface area (Å²) in [6.07, 6.45) is 0. The highest BCUT2D eigenvalue weighted by Crippen LogP contribution is 2.46. The van der Waals surface area contributed by atoms with Crippen molar-refractivity contribution in [2.45, 2.75) is 0 Å². The third kappa shape index (κ3) is 5.53. The van der Waals surface area contributed by atoms with E-state index < -0.39 is 0 Å². The molecule has 0 aliphatic carbocycles. The van der Waals surface area contributed by atoms with Crippen molar-refractivity contribution in [3.63, 3.8) is 0 Å². The van der Waals surface area contributed by atoms with Gasteiger partial charge in [0.2, 0.25) is 0 Å². The maximum Gasteiger partial charge on any atom is -0.00201 e. The Morgan fingerprint density at radius 1 is 0.167 bits per heavy atom. The van der Waals surface area contributed by atoms with E-state index in [1.54, 1.807) is 0 Å². The van der Waals surface area contributed by atoms with Crippen LogP contribution in [0.3, 0.4) is 0 Å². The predicted molar refractivity (Wildman–Crippen MR) is 259 cm³/mol. The Balaban J connectivity index is 0.999. The smallest absolute Gasteiger partial charge is 0.00201 e. The summed E-state index contributed by atoms with van der Waals surface area (Å²) < 4.78 is 0. The van der Waals surface area contributed by atoms with Crippen LogP contribution in [0, 0.1) is 0 Å². The second-order valence-electron chi connectivity index (χ2n) is 16.0. The molecule has 0 nitrogen and oxygen atoms in total. The standard InChI is InChI=1S/C60H38/c1-3-18-47-44(14-1)37-57(53-24-7-5-20-49(47)53)40-30-28-39(29-31-40)43-16-13-17-46(36-43)60-56-27-12-10-23-52(56)51-22-9-11-26-55(51)59(60)42-34-32-41(33-35-42)58-38-45-15-2-4-19-48(45)50-21-6-8-25-54(50)58/h1-38H. The number of hydrogen-bond donors (Lipinski definition) is 0. The van der Waals surface area contributed by atoms with Gasteiger partial charge in [-0.2, -0.15) is 0 Å². The van der Waals surface area contributed by atoms with Crippen LogP contribution in [0.2, 0.25) is 0 Å². The Morgan fingerprint density at radius 3 is 0.983 bits per heavy atom. The van der Waals surface area contributed by atoms with Crippen molar-refractivity contribution in [1.29, 1.82) is 0 Å². The van der Waals surface area contributed by atoms with Gasteiger partial charge in [0.15, 0.2) is 0 Å². The van der Waals surface area contributed by atoms with Gasteiger partial charge in [-0.1, -0.05) is 212 Å². The van der Waals surface area contributed by atoms with Crippen molar-refractivity contribution in [3.05, 3.63) is 231 Å². The van der Waals surface area contributed by atoms with E-state index in [0.717, 1.165) is 0 Å². The van der Waals surface area contributed by atoms with Crippen LogP contribution in [-0.2, 0) is 0 Å². The van der Waals surface area contributed by atoms with Crippen LogP contribution in [0.5, 0.6) is 0 Å². The molecule has 0 saturated carbocycles. The number of benzene rings is 12. The lowest BCUT2D eigenvalue weighted by Gasteiger charge is -2.19. The van der Waals surface area contributed by atoms with E-state index in [2.05, 4.69) is 231 Å². The van der Waals surface area contributed by atoms with Gasteiger partial charge in [0.05, 0.1) is 0 Å². The average Bonchev–Trinajstić information content (AvgIpc) is 3.33. The molecule has 0 amide bonds. The highest BCUT2D eigenvalue weighted by molar-refractivity contribution is 6.22. The van der Waals surface area contributed by atoms with Gasteiger partial charge in [0.25, 0.3) is 0 Å². The topological polar surface area (TPSA) is 0 Å². The molecule has 12 aromatic rings. The third-order valence-electron chi connectivity index (χ3n) is 12.6. The Labute approximate surface area is 349 Å². The third-order valence-corrected chi connectivity index (χ3v) is 12.6. The normalized spacial score (nSPS) is 11.7. The van der Waals surface area contributed by atoms with Crippen LogP contribution in [0.25, 0.3) is 120 Å². The minimum absolute atomic E-state index is 1.20. The molecule has 0 radical (unpaired) electrons. The molecular formula is C60H38. The molecule has 0 heterocycles. The van der Waals surface area contributed by atoms with E-state index in [4.69, 9.17) is 0 Å². The van der Waals surface area contributed by atoms with E-state index >= 15 is 0 Å². The number of fused-ring (bicyclic) bond motifs is 9. The van der Waals surface area contributed by atoms with Gasteiger partial charge in [-0.25, -0.2) is 0 Å². The van der Waals surface area contributed by atoms with E-state index in [-0.39, 0.29) is 0 Å². The summed E-state index contributed by atoms with van der Waals surface area (Å²) in [5, 5.41) is 15.3. The van der Waals surface area contributed by atoms with Gasteiger partial charge in [0, 0.05) is 0 Å². The van der Waals surface area contributed by atoms with E-state index in [1.165, 1.54) is 120 Å². The monoisotopic (exact) mass is 758 g/mol. The van der Waals surface area contributed by atoms with Crippen LogP contribution in [0.4, 0.5) is 0 Å². The largest absolute Gasteiger partial charge is 0.0616 e. The SMILES string of the molecule is c1cc(-c2ccc(-c3cc4ccccc4c4ccccc34)cc2)cc(-c2c(-c3ccc(-c4cc5ccccc5c5ccccc45)cc3)c3ccccc3c3ccccc23)c1. The van der Waals surface area contributed by atoms with E-state index in [9.17, 15) is 0 Å². The lowest BCUT2D eigenvalue weighted by atomic mass is 9.84. The Kier molecular flexibility index (Phi) is 7.96. The zero-order valence-electron chi connectivity index (χ0n) is 32.9. The molecule has 0 N–H and O–H groups in total. The first-order valence-corrected chi connectivity index (χ1v) is 20.8. The Hall–Kier alpha value is -7.80. The van der Waals surface area contributed by atoms with Gasteiger partial charge >= 0.3 is 0 Å². The summed E-state index contributed by atoms with van der Waals surface area (Å²) in [4.78, 5) is 0. The van der Waals surface area contributed by atoms with Crippen LogP contribution in [0.15, 0.2) is 231 Å². The lowest BCUT2D eigenvalue weighted by molar-refractivity contribution is 1.59. The molecule has 0 heteroatoms. The molecule has 0 aromatic heterocycles. The van der Waals surface area contributed by atoms with Gasteiger partial charge < -0.3 is 0 Å². The fourth-order valence-electron chi connectivity index (χ4n) is 9.84. The summed E-state index contributed by atoms with van der Waals surface area (Å²) in [7, 11) is 0. The molecule has 0 aliphatic rings. The molecule has 0 spiro atoms. The second-order valence-corrected chi connectivity index (χ2v) is 16.0. The summed E-state index contributed by atoms with van der Waals surface area (Å²) in [6.45, 7) is 0. The average molecular weight is 759 g/mol. The first kappa shape index (κ1) is 34.3. The van der Waals surface area contributed by atoms with Gasteiger partial charge in [-0.15, -0.1) is 0 Å². The summed E-state index contributed by atoms with van der Waals surface area (Å²) in [5.41, 5.74) is 12.3. The first-order chi connectivity index (χ1) is 29.8. The minimum Gasteiger partial charge on any atom is -0.0616 e. The zero-order valence-corrected chi connectivity index (χ0v) is 32.9. The molecule has 12 aromatic carbocycles. The molecule has 0 saturated heterocycles. The Morgan fingerprint density at radius 2 is 0.500 bits per heavy atom. The Bertz CT molecular complexity index is 3630. The van der Waals surface area contributed by atoms with Crippen LogP contribution in [-0.4, -0.2) is 0 Å². The molecular weight excluding hydrogens is 721 g/mol. The summed E-state index contributed by atoms with van der Waals surface area (Å²) in [5.74, 6) is 0. The lowest BCUT2D eigenvalue weighted by Crippen LogP contribution is -1.92. The van der Waals surface area contributed by atoms with Crippen LogP contribution in [0.1, 0.15) is 0 Å². The van der Waals surface area contributed by atoms with Crippen molar-refractivity contribution in [3.8, 4) is 55.6 Å². The molecule has 278 valence electrons. The van der Waals surface area contributed by atoms with Crippen molar-refractivity contribution >= 4 is 64.6 Å². The predicted octanol–water partition coefficient (Wildman–Crippen LogP) is 16.9. The van der Waals surface area contributed by atoms with Crippen LogP contribution < -0.4 is 0 Å². The van der Waals surface area contributed by atoms with Gasteiger partial charge in [-0.3, -0.25) is 0 Å². The summed E-state index contributed by atoms with van der Waals surface area (Å²) in [6, 6.07) is 85.1. The molecule has 0 fully saturated rings. The minimum atomic E-state index is 1.20. The van der Waals surface area contributed by atoms with Crippen molar-refractivity contribution in [1.82, 2.24) is 0 Å². The fraction of sp³-hybridized carbons (Fsp3) is 0. The van der Waals surface area contributed by atoms with Crippen molar-refractivity contribution < 1.29 is 0 Å². The molecule has 0 unspecified atom stereocenters. The number of hydrogen-bond acceptors (Lipinski definition) is 0. The van der Waals surface area contributed by atoms with Crippen molar-refractivity contribution in [2.75, 3.05) is 0 Å². The maximum absolute atomic E-state index is 2.38. The molecule has 0 bridgehead atoms. The van der Waals surface area contributed by atoms with Crippen molar-refractivity contribution in [2.24, 2.45) is 0 Å². The van der Waals surface area contributed by atoms with E-state index in [0.29, 0.717) is 0 Å². The number of rotatable bonds is 5. The molecule has 12 rings (SSSR count). The van der Waals surface area contributed by atoms with E-state index in [1.807, 2.05) is 0 Å². The summed E-state index contributed by atoms with van der Waals surface area (Å²) >= 11 is 0. The highest BCUT2D eigenvalue weighted by atomic mass is 14.2. The second kappa shape index (κ2) is 13.9. The zero-order chi connectivity index (χ0) is 39.6. The first-order valence-electron chi connectivity index (χ1n) is 20.8.